The summed E-state index contributed by atoms with van der Waals surface area (Å²) < 4.78 is 98.9. The Balaban J connectivity index is 1.95. The summed E-state index contributed by atoms with van der Waals surface area (Å²) >= 11 is 0. The molecular formula is C24H34F3N6O13P3S2. The predicted molar refractivity (Wildman–Crippen MR) is 178 cm³/mol. The largest absolute Gasteiger partial charge is 0.490 e. The normalized spacial score (nSPS) is 20.9. The maximum Gasteiger partial charge on any atom is 0.490 e. The van der Waals surface area contributed by atoms with Gasteiger partial charge in [-0.1, -0.05) is 54.2 Å². The van der Waals surface area contributed by atoms with Crippen LogP contribution in [0, 0.1) is 11.8 Å². The summed E-state index contributed by atoms with van der Waals surface area (Å²) in [6.07, 6.45) is -3.99. The van der Waals surface area contributed by atoms with Gasteiger partial charge in [0.25, 0.3) is 0 Å². The lowest BCUT2D eigenvalue weighted by molar-refractivity contribution is -0.173. The molecule has 5 N–H and O–H groups in total. The zero-order valence-corrected chi connectivity index (χ0v) is 31.6. The number of hydrogen-bond donors (Lipinski definition) is 5. The number of hydrogen-bond acceptors (Lipinski definition) is 14. The van der Waals surface area contributed by atoms with Gasteiger partial charge < -0.3 is 43.8 Å². The summed E-state index contributed by atoms with van der Waals surface area (Å²) in [7, 11) is -10.6. The van der Waals surface area contributed by atoms with E-state index in [1.165, 1.54) is 45.0 Å². The number of halogens is 3. The molecule has 0 spiro atoms. The van der Waals surface area contributed by atoms with Crippen molar-refractivity contribution in [3.05, 3.63) is 18.1 Å². The van der Waals surface area contributed by atoms with Crippen molar-refractivity contribution >= 4 is 74.2 Å². The van der Waals surface area contributed by atoms with Crippen LogP contribution in [0.1, 0.15) is 39.0 Å². The second-order valence-corrected chi connectivity index (χ2v) is 18.9. The number of fused-ring (bicyclic) bond motifs is 1. The van der Waals surface area contributed by atoms with Crippen LogP contribution in [0.2, 0.25) is 0 Å². The van der Waals surface area contributed by atoms with Crippen LogP contribution in [-0.2, 0) is 41.1 Å². The van der Waals surface area contributed by atoms with Gasteiger partial charge in [-0.15, -0.1) is 0 Å². The highest BCUT2D eigenvalue weighted by Gasteiger charge is 2.44. The first-order chi connectivity index (χ1) is 23.4. The van der Waals surface area contributed by atoms with E-state index >= 15 is 0 Å². The molecule has 286 valence electrons. The zero-order valence-electron chi connectivity index (χ0n) is 27.3. The lowest BCUT2D eigenvalue weighted by Gasteiger charge is -2.22. The van der Waals surface area contributed by atoms with Crippen molar-refractivity contribution < 1.29 is 73.9 Å². The highest BCUT2D eigenvalue weighted by molar-refractivity contribution is 8.77. The molecule has 27 heteroatoms. The standard InChI is InChI=1S/C24H34F3N6O13P3S2/c1-23(2,3)51-50-14-42-16-9-18(44-17(16)11-43-48(38,39)46-49(40,41)45-47(35,36)37)33-10-15(7-6-8-28-22(34)24(25,26)27)19-20(31-13-32(4)5)29-12-30-21(19)33/h10,12-13,16-18H,8-9,11,14H2,1-5H3,(H,28,34)(H,38,39)(H,40,41)(H2,35,36,37)/b31-13+/t16?,17-,18-/m1/s1. The number of aliphatic imine (C=N–C) groups is 1. The van der Waals surface area contributed by atoms with Gasteiger partial charge >= 0.3 is 35.6 Å². The van der Waals surface area contributed by atoms with Gasteiger partial charge in [-0.2, -0.15) is 21.8 Å². The van der Waals surface area contributed by atoms with Gasteiger partial charge in [0, 0.05) is 31.5 Å². The van der Waals surface area contributed by atoms with Gasteiger partial charge in [-0.25, -0.2) is 28.7 Å². The molecule has 3 heterocycles. The number of ether oxygens (including phenoxy) is 2. The fraction of sp³-hybridized carbons (Fsp3) is 0.583. The minimum absolute atomic E-state index is 0.0454. The molecule has 19 nitrogen and oxygen atoms in total. The summed E-state index contributed by atoms with van der Waals surface area (Å²) in [5.74, 6) is 3.19. The minimum Gasteiger partial charge on any atom is -0.369 e. The van der Waals surface area contributed by atoms with Crippen molar-refractivity contribution in [2.24, 2.45) is 4.99 Å². The van der Waals surface area contributed by atoms with Gasteiger partial charge in [0.15, 0.2) is 5.82 Å². The van der Waals surface area contributed by atoms with Gasteiger partial charge in [-0.05, 0) is 0 Å². The molecule has 3 unspecified atom stereocenters. The van der Waals surface area contributed by atoms with Crippen molar-refractivity contribution in [2.45, 2.75) is 56.6 Å². The van der Waals surface area contributed by atoms with Crippen LogP contribution in [0.25, 0.3) is 11.0 Å². The first-order valence-electron chi connectivity index (χ1n) is 14.1. The number of nitrogens with zero attached hydrogens (tertiary/aromatic N) is 5. The number of carbonyl (C=O) groups is 1. The average Bonchev–Trinajstić information content (AvgIpc) is 3.53. The molecule has 1 amide bonds. The molecule has 0 radical (unpaired) electrons. The molecule has 1 aliphatic rings. The van der Waals surface area contributed by atoms with E-state index in [2.05, 4.69) is 35.4 Å². The third kappa shape index (κ3) is 14.4. The Bertz CT molecular complexity index is 1790. The van der Waals surface area contributed by atoms with E-state index in [1.807, 2.05) is 20.8 Å². The first-order valence-corrected chi connectivity index (χ1v) is 21.0. The second-order valence-electron chi connectivity index (χ2n) is 11.4. The zero-order chi connectivity index (χ0) is 38.4. The van der Waals surface area contributed by atoms with E-state index in [4.69, 9.17) is 23.8 Å². The van der Waals surface area contributed by atoms with Crippen LogP contribution in [0.5, 0.6) is 0 Å². The monoisotopic (exact) mass is 828 g/mol. The molecule has 1 saturated heterocycles. The quantitative estimate of drug-likeness (QED) is 0.0325. The van der Waals surface area contributed by atoms with Crippen molar-refractivity contribution in [2.75, 3.05) is 33.2 Å². The van der Waals surface area contributed by atoms with Crippen molar-refractivity contribution in [3.8, 4) is 11.8 Å². The predicted octanol–water partition coefficient (Wildman–Crippen LogP) is 3.84. The van der Waals surface area contributed by atoms with Gasteiger partial charge in [-0.3, -0.25) is 9.32 Å². The van der Waals surface area contributed by atoms with E-state index < -0.39 is 67.1 Å². The first kappa shape index (κ1) is 43.3. The molecule has 0 bridgehead atoms. The van der Waals surface area contributed by atoms with Gasteiger partial charge in [0.1, 0.15) is 30.2 Å². The summed E-state index contributed by atoms with van der Waals surface area (Å²) in [4.78, 5) is 62.7. The molecule has 0 aromatic carbocycles. The Morgan fingerprint density at radius 1 is 1.18 bits per heavy atom. The van der Waals surface area contributed by atoms with Crippen LogP contribution in [0.4, 0.5) is 19.0 Å². The lowest BCUT2D eigenvalue weighted by Crippen LogP contribution is -2.36. The molecular weight excluding hydrogens is 794 g/mol. The molecule has 3 rings (SSSR count). The number of phosphoric acid groups is 3. The molecule has 0 saturated carbocycles. The molecule has 5 atom stereocenters. The van der Waals surface area contributed by atoms with Crippen LogP contribution in [-0.4, -0.2) is 108 Å². The van der Waals surface area contributed by atoms with Crippen LogP contribution < -0.4 is 5.32 Å². The summed E-state index contributed by atoms with van der Waals surface area (Å²) in [6.45, 7) is 4.47. The average molecular weight is 829 g/mol. The smallest absolute Gasteiger partial charge is 0.369 e. The number of rotatable bonds is 15. The van der Waals surface area contributed by atoms with E-state index in [0.29, 0.717) is 0 Å². The number of aromatic nitrogens is 3. The number of nitrogens with one attached hydrogen (secondary N) is 1. The maximum absolute atomic E-state index is 12.6. The molecule has 51 heavy (non-hydrogen) atoms. The fourth-order valence-electron chi connectivity index (χ4n) is 4.00. The molecule has 1 fully saturated rings. The van der Waals surface area contributed by atoms with E-state index in [9.17, 15) is 41.4 Å². The van der Waals surface area contributed by atoms with E-state index in [-0.39, 0.29) is 39.5 Å². The van der Waals surface area contributed by atoms with Crippen LogP contribution >= 0.6 is 45.1 Å². The number of phosphoric ester groups is 1. The Kier molecular flexibility index (Phi) is 14.8. The van der Waals surface area contributed by atoms with Crippen molar-refractivity contribution in [3.63, 3.8) is 0 Å². The fourth-order valence-corrected chi connectivity index (χ4v) is 9.03. The highest BCUT2D eigenvalue weighted by Crippen LogP contribution is 2.66. The Hall–Kier alpha value is -2.06. The van der Waals surface area contributed by atoms with Crippen LogP contribution in [0.3, 0.4) is 0 Å². The maximum atomic E-state index is 12.6. The SMILES string of the molecule is CN(C)/C=N/c1ncnc2c1c(C#CCNC(=O)C(F)(F)F)cn2[C@H]1CC(OCSSC(C)(C)C)[C@@H](COP(=O)(O)OP(=O)(O)OP(=O)(O)O)O1. The third-order valence-corrected chi connectivity index (χ3v) is 12.6. The number of carbonyl (C=O) groups excluding carboxylic acids is 1. The summed E-state index contributed by atoms with van der Waals surface area (Å²) in [6, 6.07) is 0. The topological polar surface area (TPSA) is 254 Å². The lowest BCUT2D eigenvalue weighted by atomic mass is 10.2. The molecule has 0 aliphatic carbocycles. The van der Waals surface area contributed by atoms with Crippen molar-refractivity contribution in [1.29, 1.82) is 0 Å². The molecule has 2 aromatic heterocycles. The second kappa shape index (κ2) is 17.4. The number of alkyl halides is 3. The minimum atomic E-state index is -5.78. The summed E-state index contributed by atoms with van der Waals surface area (Å²) in [5, 5.41) is 1.91. The molecule has 2 aromatic rings. The van der Waals surface area contributed by atoms with Gasteiger partial charge in [0.05, 0.1) is 36.5 Å². The Morgan fingerprint density at radius 2 is 1.86 bits per heavy atom. The van der Waals surface area contributed by atoms with Crippen LogP contribution in [0.15, 0.2) is 17.5 Å². The Labute approximate surface area is 296 Å². The third-order valence-electron chi connectivity index (χ3n) is 5.77. The van der Waals surface area contributed by atoms with Gasteiger partial charge in [0.2, 0.25) is 0 Å². The Morgan fingerprint density at radius 3 is 2.47 bits per heavy atom. The summed E-state index contributed by atoms with van der Waals surface area (Å²) in [5.41, 5.74) is 0.391. The molecule has 1 aliphatic heterocycles. The van der Waals surface area contributed by atoms with E-state index in [1.54, 1.807) is 24.3 Å². The van der Waals surface area contributed by atoms with E-state index in [0.717, 1.165) is 0 Å². The number of amides is 1. The highest BCUT2D eigenvalue weighted by atomic mass is 33.1. The van der Waals surface area contributed by atoms with Crippen molar-refractivity contribution in [1.82, 2.24) is 24.8 Å².